The maximum absolute atomic E-state index is 12.6. The highest BCUT2D eigenvalue weighted by atomic mass is 16.5. The highest BCUT2D eigenvalue weighted by Gasteiger charge is 2.60. The smallest absolute Gasteiger partial charge is 0.407 e. The van der Waals surface area contributed by atoms with Crippen molar-refractivity contribution in [2.24, 2.45) is 23.2 Å². The third-order valence-electron chi connectivity index (χ3n) is 7.30. The third-order valence-corrected chi connectivity index (χ3v) is 7.30. The Balaban J connectivity index is 1.43. The first-order valence-corrected chi connectivity index (χ1v) is 10.8. The zero-order chi connectivity index (χ0) is 19.6. The summed E-state index contributed by atoms with van der Waals surface area (Å²) in [5, 5.41) is 3.22. The Labute approximate surface area is 167 Å². The van der Waals surface area contributed by atoms with Crippen LogP contribution in [0, 0.1) is 23.2 Å². The first-order valence-electron chi connectivity index (χ1n) is 10.8. The summed E-state index contributed by atoms with van der Waals surface area (Å²) in [5.74, 6) is 1.02. The first-order chi connectivity index (χ1) is 13.6. The standard InChI is InChI=1S/C23H31NO4/c1-2-27-21(25)18-9-6-12-23(14-18)19-11-10-17(13-19)20(23)24-22(26)28-15-16-7-4-3-5-8-16/h3-5,7-8,17-20H,2,6,9-15H2,1H3,(H,24,26). The van der Waals surface area contributed by atoms with Crippen LogP contribution >= 0.6 is 0 Å². The molecule has 1 aromatic rings. The lowest BCUT2D eigenvalue weighted by molar-refractivity contribution is -0.151. The molecule has 152 valence electrons. The van der Waals surface area contributed by atoms with Crippen LogP contribution in [-0.4, -0.2) is 24.7 Å². The molecule has 3 fully saturated rings. The number of benzene rings is 1. The monoisotopic (exact) mass is 385 g/mol. The molecule has 1 N–H and O–H groups in total. The van der Waals surface area contributed by atoms with E-state index in [0.717, 1.165) is 31.2 Å². The number of ether oxygens (including phenoxy) is 2. The van der Waals surface area contributed by atoms with Crippen molar-refractivity contribution in [3.63, 3.8) is 0 Å². The van der Waals surface area contributed by atoms with Gasteiger partial charge >= 0.3 is 12.1 Å². The summed E-state index contributed by atoms with van der Waals surface area (Å²) in [4.78, 5) is 25.0. The largest absolute Gasteiger partial charge is 0.466 e. The van der Waals surface area contributed by atoms with Crippen LogP contribution in [0.5, 0.6) is 0 Å². The van der Waals surface area contributed by atoms with Gasteiger partial charge in [-0.2, -0.15) is 0 Å². The summed E-state index contributed by atoms with van der Waals surface area (Å²) in [6.45, 7) is 2.58. The molecule has 4 rings (SSSR count). The number of hydrogen-bond acceptors (Lipinski definition) is 4. The van der Waals surface area contributed by atoms with Crippen molar-refractivity contribution in [2.45, 2.75) is 64.5 Å². The maximum atomic E-state index is 12.6. The first kappa shape index (κ1) is 19.3. The topological polar surface area (TPSA) is 64.6 Å². The normalized spacial score (nSPS) is 33.6. The Morgan fingerprint density at radius 3 is 2.75 bits per heavy atom. The molecule has 0 aliphatic heterocycles. The summed E-state index contributed by atoms with van der Waals surface area (Å²) in [7, 11) is 0. The Morgan fingerprint density at radius 1 is 1.14 bits per heavy atom. The summed E-state index contributed by atoms with van der Waals surface area (Å²) in [5.41, 5.74) is 1.02. The number of fused-ring (bicyclic) bond motifs is 3. The zero-order valence-corrected chi connectivity index (χ0v) is 16.7. The molecule has 3 aliphatic rings. The van der Waals surface area contributed by atoms with Crippen molar-refractivity contribution in [2.75, 3.05) is 6.61 Å². The fourth-order valence-electron chi connectivity index (χ4n) is 6.17. The predicted octanol–water partition coefficient (Wildman–Crippen LogP) is 4.45. The zero-order valence-electron chi connectivity index (χ0n) is 16.7. The maximum Gasteiger partial charge on any atom is 0.407 e. The average molecular weight is 386 g/mol. The highest BCUT2D eigenvalue weighted by Crippen LogP contribution is 2.62. The SMILES string of the molecule is CCOC(=O)C1CCCC2(C1)C1CCC(C1)C2NC(=O)OCc1ccccc1. The Morgan fingerprint density at radius 2 is 1.96 bits per heavy atom. The quantitative estimate of drug-likeness (QED) is 0.761. The van der Waals surface area contributed by atoms with Crippen molar-refractivity contribution in [1.29, 1.82) is 0 Å². The molecule has 0 radical (unpaired) electrons. The van der Waals surface area contributed by atoms with Crippen LogP contribution in [0.25, 0.3) is 0 Å². The van der Waals surface area contributed by atoms with Gasteiger partial charge in [0.15, 0.2) is 0 Å². The molecule has 0 aromatic heterocycles. The van der Waals surface area contributed by atoms with Crippen LogP contribution < -0.4 is 5.32 Å². The number of rotatable bonds is 5. The molecule has 3 saturated carbocycles. The molecule has 5 heteroatoms. The minimum Gasteiger partial charge on any atom is -0.466 e. The second-order valence-electron chi connectivity index (χ2n) is 8.73. The fraction of sp³-hybridized carbons (Fsp3) is 0.652. The molecule has 3 aliphatic carbocycles. The lowest BCUT2D eigenvalue weighted by atomic mass is 9.59. The van der Waals surface area contributed by atoms with Gasteiger partial charge in [-0.1, -0.05) is 36.8 Å². The van der Waals surface area contributed by atoms with E-state index in [1.165, 1.54) is 19.3 Å². The van der Waals surface area contributed by atoms with E-state index in [0.29, 0.717) is 18.4 Å². The summed E-state index contributed by atoms with van der Waals surface area (Å²) >= 11 is 0. The van der Waals surface area contributed by atoms with Crippen LogP contribution in [0.1, 0.15) is 57.4 Å². The second kappa shape index (κ2) is 8.14. The summed E-state index contributed by atoms with van der Waals surface area (Å²) in [6, 6.07) is 9.87. The number of esters is 1. The molecule has 28 heavy (non-hydrogen) atoms. The summed E-state index contributed by atoms with van der Waals surface area (Å²) in [6.07, 6.45) is 7.09. The van der Waals surface area contributed by atoms with E-state index in [4.69, 9.17) is 9.47 Å². The molecule has 1 spiro atoms. The fourth-order valence-corrected chi connectivity index (χ4v) is 6.17. The van der Waals surface area contributed by atoms with Crippen molar-refractivity contribution in [1.82, 2.24) is 5.32 Å². The molecule has 5 atom stereocenters. The van der Waals surface area contributed by atoms with Crippen LogP contribution in [0.15, 0.2) is 30.3 Å². The lowest BCUT2D eigenvalue weighted by Crippen LogP contribution is -2.54. The second-order valence-corrected chi connectivity index (χ2v) is 8.73. The Kier molecular flexibility index (Phi) is 5.61. The predicted molar refractivity (Wildman–Crippen MR) is 105 cm³/mol. The van der Waals surface area contributed by atoms with Gasteiger partial charge in [-0.25, -0.2) is 4.79 Å². The van der Waals surface area contributed by atoms with Crippen LogP contribution in [0.2, 0.25) is 0 Å². The number of nitrogens with one attached hydrogen (secondary N) is 1. The molecule has 1 aromatic carbocycles. The molecule has 1 amide bonds. The third kappa shape index (κ3) is 3.63. The van der Waals surface area contributed by atoms with Crippen molar-refractivity contribution in [3.05, 3.63) is 35.9 Å². The molecule has 0 heterocycles. The molecular formula is C23H31NO4. The van der Waals surface area contributed by atoms with E-state index in [1.807, 2.05) is 37.3 Å². The molecule has 5 nitrogen and oxygen atoms in total. The van der Waals surface area contributed by atoms with Gasteiger partial charge in [0, 0.05) is 6.04 Å². The van der Waals surface area contributed by atoms with E-state index in [2.05, 4.69) is 5.32 Å². The number of amides is 1. The number of carbonyl (C=O) groups is 2. The van der Waals surface area contributed by atoms with Crippen molar-refractivity contribution >= 4 is 12.1 Å². The minimum absolute atomic E-state index is 0.0299. The minimum atomic E-state index is -0.334. The van der Waals surface area contributed by atoms with E-state index >= 15 is 0 Å². The van der Waals surface area contributed by atoms with E-state index < -0.39 is 0 Å². The number of hydrogen-bond donors (Lipinski definition) is 1. The number of alkyl carbamates (subject to hydrolysis) is 1. The average Bonchev–Trinajstić information content (AvgIpc) is 3.30. The van der Waals surface area contributed by atoms with Gasteiger partial charge in [-0.15, -0.1) is 0 Å². The van der Waals surface area contributed by atoms with Crippen molar-refractivity contribution in [3.8, 4) is 0 Å². The van der Waals surface area contributed by atoms with Gasteiger partial charge in [-0.3, -0.25) is 4.79 Å². The molecule has 2 bridgehead atoms. The Bertz CT molecular complexity index is 706. The summed E-state index contributed by atoms with van der Waals surface area (Å²) < 4.78 is 10.8. The van der Waals surface area contributed by atoms with Gasteiger partial charge in [-0.05, 0) is 68.3 Å². The van der Waals surface area contributed by atoms with E-state index in [1.54, 1.807) is 0 Å². The van der Waals surface area contributed by atoms with E-state index in [-0.39, 0.29) is 36.0 Å². The Hall–Kier alpha value is -2.04. The van der Waals surface area contributed by atoms with E-state index in [9.17, 15) is 9.59 Å². The van der Waals surface area contributed by atoms with Gasteiger partial charge in [0.25, 0.3) is 0 Å². The van der Waals surface area contributed by atoms with Gasteiger partial charge < -0.3 is 14.8 Å². The van der Waals surface area contributed by atoms with Crippen LogP contribution in [0.3, 0.4) is 0 Å². The van der Waals surface area contributed by atoms with Gasteiger partial charge in [0.05, 0.1) is 12.5 Å². The molecule has 0 saturated heterocycles. The van der Waals surface area contributed by atoms with Gasteiger partial charge in [0.1, 0.15) is 6.61 Å². The van der Waals surface area contributed by atoms with Gasteiger partial charge in [0.2, 0.25) is 0 Å². The van der Waals surface area contributed by atoms with Crippen molar-refractivity contribution < 1.29 is 19.1 Å². The number of carbonyl (C=O) groups excluding carboxylic acids is 2. The molecular weight excluding hydrogens is 354 g/mol. The lowest BCUT2D eigenvalue weighted by Gasteiger charge is -2.48. The van der Waals surface area contributed by atoms with Crippen LogP contribution in [0.4, 0.5) is 4.79 Å². The van der Waals surface area contributed by atoms with Crippen LogP contribution in [-0.2, 0) is 20.9 Å². The highest BCUT2D eigenvalue weighted by molar-refractivity contribution is 5.73. The molecule has 5 unspecified atom stereocenters.